The summed E-state index contributed by atoms with van der Waals surface area (Å²) < 4.78 is 18.5. The molecule has 0 aliphatic heterocycles. The second-order valence-corrected chi connectivity index (χ2v) is 14.3. The van der Waals surface area contributed by atoms with Gasteiger partial charge in [0.05, 0.1) is 39.4 Å². The van der Waals surface area contributed by atoms with E-state index in [4.69, 9.17) is 8.83 Å². The Morgan fingerprint density at radius 2 is 1.17 bits per heavy atom. The molecule has 0 unspecified atom stereocenters. The van der Waals surface area contributed by atoms with Crippen LogP contribution in [0, 0.1) is 11.3 Å². The lowest BCUT2D eigenvalue weighted by Crippen LogP contribution is -1.99. The molecule has 0 saturated heterocycles. The molecule has 7 aromatic carbocycles. The van der Waals surface area contributed by atoms with Crippen molar-refractivity contribution in [1.82, 2.24) is 9.13 Å². The van der Waals surface area contributed by atoms with E-state index < -0.39 is 0 Å². The van der Waals surface area contributed by atoms with Crippen LogP contribution >= 0.6 is 0 Å². The Balaban J connectivity index is 1.22. The second-order valence-electron chi connectivity index (χ2n) is 14.3. The molecule has 54 heavy (non-hydrogen) atoms. The summed E-state index contributed by atoms with van der Waals surface area (Å²) in [6.07, 6.45) is 4.17. The van der Waals surface area contributed by atoms with E-state index in [2.05, 4.69) is 149 Å². The minimum atomic E-state index is 0.633. The fraction of sp³-hybridized carbons (Fsp3) is 0.0408. The van der Waals surface area contributed by atoms with Gasteiger partial charge in [-0.05, 0) is 67.4 Å². The van der Waals surface area contributed by atoms with Gasteiger partial charge in [0.25, 0.3) is 0 Å². The Morgan fingerprint density at radius 1 is 0.519 bits per heavy atom. The van der Waals surface area contributed by atoms with E-state index in [1.54, 1.807) is 0 Å². The van der Waals surface area contributed by atoms with Gasteiger partial charge in [-0.1, -0.05) is 97.1 Å². The van der Waals surface area contributed by atoms with Crippen LogP contribution in [-0.2, 0) is 6.42 Å². The van der Waals surface area contributed by atoms with Gasteiger partial charge in [-0.15, -0.1) is 0 Å². The molecule has 5 heteroatoms. The molecule has 0 saturated carbocycles. The molecule has 0 spiro atoms. The van der Waals surface area contributed by atoms with Crippen molar-refractivity contribution in [1.29, 1.82) is 5.26 Å². The summed E-state index contributed by atoms with van der Waals surface area (Å²) in [5, 5.41) is 17.7. The summed E-state index contributed by atoms with van der Waals surface area (Å²) in [6.45, 7) is 0. The van der Waals surface area contributed by atoms with Crippen LogP contribution in [0.15, 0.2) is 161 Å². The van der Waals surface area contributed by atoms with Crippen LogP contribution in [0.25, 0.3) is 93.5 Å². The maximum Gasteiger partial charge on any atom is 0.159 e. The van der Waals surface area contributed by atoms with Crippen LogP contribution in [0.5, 0.6) is 0 Å². The predicted molar refractivity (Wildman–Crippen MR) is 219 cm³/mol. The van der Waals surface area contributed by atoms with E-state index in [9.17, 15) is 5.26 Å². The molecule has 11 aromatic rings. The van der Waals surface area contributed by atoms with Gasteiger partial charge in [-0.3, -0.25) is 0 Å². The van der Waals surface area contributed by atoms with Crippen LogP contribution in [0.2, 0.25) is 0 Å². The highest BCUT2D eigenvalue weighted by Gasteiger charge is 2.26. The van der Waals surface area contributed by atoms with Gasteiger partial charge in [-0.25, -0.2) is 0 Å². The molecule has 5 nitrogen and oxygen atoms in total. The first-order valence-corrected chi connectivity index (χ1v) is 18.4. The fourth-order valence-electron chi connectivity index (χ4n) is 9.13. The lowest BCUT2D eigenvalue weighted by atomic mass is 9.90. The van der Waals surface area contributed by atoms with E-state index in [1.165, 1.54) is 21.7 Å². The zero-order chi connectivity index (χ0) is 35.5. The number of allylic oxidation sites excluding steroid dienone is 1. The van der Waals surface area contributed by atoms with Crippen molar-refractivity contribution in [2.45, 2.75) is 12.8 Å². The summed E-state index contributed by atoms with van der Waals surface area (Å²) in [4.78, 5) is 0. The average molecular weight is 692 g/mol. The number of fused-ring (bicyclic) bond motifs is 12. The summed E-state index contributed by atoms with van der Waals surface area (Å²) in [6, 6.07) is 53.4. The van der Waals surface area contributed by atoms with E-state index in [0.29, 0.717) is 5.56 Å². The van der Waals surface area contributed by atoms with Gasteiger partial charge >= 0.3 is 0 Å². The quantitative estimate of drug-likeness (QED) is 0.185. The molecule has 0 fully saturated rings. The zero-order valence-electron chi connectivity index (χ0n) is 29.0. The van der Waals surface area contributed by atoms with E-state index in [0.717, 1.165) is 101 Å². The summed E-state index contributed by atoms with van der Waals surface area (Å²) >= 11 is 0. The number of hydrogen-bond acceptors (Lipinski definition) is 3. The van der Waals surface area contributed by atoms with Crippen molar-refractivity contribution in [3.05, 3.63) is 174 Å². The molecule has 252 valence electrons. The first-order valence-electron chi connectivity index (χ1n) is 18.4. The normalized spacial score (nSPS) is 13.1. The number of para-hydroxylation sites is 5. The molecule has 1 aliphatic rings. The van der Waals surface area contributed by atoms with Gasteiger partial charge in [0.2, 0.25) is 0 Å². The second kappa shape index (κ2) is 10.9. The predicted octanol–water partition coefficient (Wildman–Crippen LogP) is 12.8. The first kappa shape index (κ1) is 29.3. The van der Waals surface area contributed by atoms with Crippen molar-refractivity contribution in [2.24, 2.45) is 0 Å². The minimum Gasteiger partial charge on any atom is -0.456 e. The average Bonchev–Trinajstić information content (AvgIpc) is 3.98. The monoisotopic (exact) mass is 691 g/mol. The third kappa shape index (κ3) is 3.92. The lowest BCUT2D eigenvalue weighted by molar-refractivity contribution is 0.590. The number of aryl methyl sites for hydroxylation is 1. The van der Waals surface area contributed by atoms with E-state index in [1.807, 2.05) is 18.2 Å². The van der Waals surface area contributed by atoms with Crippen molar-refractivity contribution >= 4 is 82.1 Å². The summed E-state index contributed by atoms with van der Waals surface area (Å²) in [7, 11) is 0. The highest BCUT2D eigenvalue weighted by atomic mass is 16.3. The van der Waals surface area contributed by atoms with Gasteiger partial charge in [0.15, 0.2) is 5.58 Å². The van der Waals surface area contributed by atoms with Crippen LogP contribution in [-0.4, -0.2) is 9.13 Å². The van der Waals surface area contributed by atoms with E-state index in [-0.39, 0.29) is 0 Å². The Bertz CT molecular complexity index is 3410. The molecule has 0 bridgehead atoms. The van der Waals surface area contributed by atoms with E-state index >= 15 is 0 Å². The Hall–Kier alpha value is -7.29. The molecule has 0 N–H and O–H groups in total. The smallest absolute Gasteiger partial charge is 0.159 e. The minimum absolute atomic E-state index is 0.633. The van der Waals surface area contributed by atoms with Gasteiger partial charge in [0.1, 0.15) is 16.9 Å². The molecule has 1 aliphatic carbocycles. The number of aromatic nitrogens is 2. The van der Waals surface area contributed by atoms with Crippen molar-refractivity contribution in [2.75, 3.05) is 0 Å². The number of nitriles is 1. The third-order valence-corrected chi connectivity index (χ3v) is 11.4. The van der Waals surface area contributed by atoms with Crippen LogP contribution < -0.4 is 0 Å². The molecule has 0 atom stereocenters. The standard InChI is InChI=1S/C49H29N3O2/c50-28-29-23-24-44-39(25-29)33-13-3-7-21-43(33)52(44)45-27-30(51-41-19-5-1-11-31(41)32-12-2-6-20-42(32)51)26-40-38-18-10-17-37(48(38)54-49(40)45)36-16-9-15-35-34-14-4-8-22-46(34)53-47(35)36/h1-8,10-14,16-27H,9,15H2. The topological polar surface area (TPSA) is 59.9 Å². The van der Waals surface area contributed by atoms with Gasteiger partial charge < -0.3 is 18.0 Å². The number of benzene rings is 7. The zero-order valence-corrected chi connectivity index (χ0v) is 29.0. The Morgan fingerprint density at radius 3 is 1.93 bits per heavy atom. The van der Waals surface area contributed by atoms with Crippen molar-refractivity contribution in [3.63, 3.8) is 0 Å². The molecular formula is C49H29N3O2. The van der Waals surface area contributed by atoms with Gasteiger partial charge in [0, 0.05) is 60.1 Å². The molecule has 4 aromatic heterocycles. The number of rotatable bonds is 3. The Kier molecular flexibility index (Phi) is 5.90. The largest absolute Gasteiger partial charge is 0.456 e. The third-order valence-electron chi connectivity index (χ3n) is 11.4. The number of furan rings is 2. The molecule has 0 amide bonds. The Labute approximate surface area is 308 Å². The molecule has 0 radical (unpaired) electrons. The molecular weight excluding hydrogens is 663 g/mol. The van der Waals surface area contributed by atoms with Gasteiger partial charge in [-0.2, -0.15) is 5.26 Å². The van der Waals surface area contributed by atoms with Crippen LogP contribution in [0.3, 0.4) is 0 Å². The highest BCUT2D eigenvalue weighted by molar-refractivity contribution is 6.16. The van der Waals surface area contributed by atoms with Crippen molar-refractivity contribution in [3.8, 4) is 17.4 Å². The van der Waals surface area contributed by atoms with Crippen LogP contribution in [0.4, 0.5) is 0 Å². The molecule has 12 rings (SSSR count). The number of nitrogens with zero attached hydrogens (tertiary/aromatic N) is 3. The molecule has 4 heterocycles. The van der Waals surface area contributed by atoms with Crippen molar-refractivity contribution < 1.29 is 8.83 Å². The van der Waals surface area contributed by atoms with Crippen LogP contribution in [0.1, 0.15) is 28.9 Å². The summed E-state index contributed by atoms with van der Waals surface area (Å²) in [5.41, 5.74) is 12.9. The number of hydrogen-bond donors (Lipinski definition) is 0. The fourth-order valence-corrected chi connectivity index (χ4v) is 9.13. The lowest BCUT2D eigenvalue weighted by Gasteiger charge is -2.14. The highest BCUT2D eigenvalue weighted by Crippen LogP contribution is 2.45. The first-order chi connectivity index (χ1) is 26.7. The summed E-state index contributed by atoms with van der Waals surface area (Å²) in [5.74, 6) is 0.928. The maximum absolute atomic E-state index is 9.88. The SMILES string of the molecule is N#Cc1ccc2c(c1)c1ccccc1n2-c1cc(-n2c3ccccc3c3ccccc32)cc2c1oc1c(C3=CCCc4c3oc3ccccc43)cccc12. The maximum atomic E-state index is 9.88.